The highest BCUT2D eigenvalue weighted by atomic mass is 19.4. The van der Waals surface area contributed by atoms with Crippen LogP contribution in [0.2, 0.25) is 0 Å². The third kappa shape index (κ3) is 6.08. The minimum absolute atomic E-state index is 0.0528. The number of benzene rings is 2. The number of methoxy groups -OCH3 is 1. The molecular weight excluding hydrogens is 578 g/mol. The molecule has 7 nitrogen and oxygen atoms in total. The second-order valence-electron chi connectivity index (χ2n) is 12.4. The van der Waals surface area contributed by atoms with Crippen LogP contribution in [0.15, 0.2) is 42.0 Å². The molecule has 0 radical (unpaired) electrons. The van der Waals surface area contributed by atoms with Crippen LogP contribution in [0, 0.1) is 29.5 Å². The van der Waals surface area contributed by atoms with Gasteiger partial charge in [0.15, 0.2) is 0 Å². The summed E-state index contributed by atoms with van der Waals surface area (Å²) in [5.74, 6) is -2.27. The number of carbonyl (C=O) groups is 2. The van der Waals surface area contributed by atoms with Gasteiger partial charge in [0.2, 0.25) is 5.91 Å². The van der Waals surface area contributed by atoms with Gasteiger partial charge in [0.05, 0.1) is 24.2 Å². The maximum Gasteiger partial charge on any atom is 0.419 e. The Balaban J connectivity index is 1.26. The fourth-order valence-electron chi connectivity index (χ4n) is 7.31. The van der Waals surface area contributed by atoms with Crippen LogP contribution >= 0.6 is 0 Å². The highest BCUT2D eigenvalue weighted by Gasteiger charge is 2.55. The van der Waals surface area contributed by atoms with E-state index in [0.29, 0.717) is 42.3 Å². The molecule has 236 valence electrons. The van der Waals surface area contributed by atoms with E-state index in [2.05, 4.69) is 21.6 Å². The third-order valence-corrected chi connectivity index (χ3v) is 9.58. The van der Waals surface area contributed by atoms with Gasteiger partial charge in [0, 0.05) is 43.9 Å². The van der Waals surface area contributed by atoms with Crippen molar-refractivity contribution in [2.75, 3.05) is 32.1 Å². The van der Waals surface area contributed by atoms with Gasteiger partial charge in [0.25, 0.3) is 5.91 Å². The fraction of sp³-hybridized carbons (Fsp3) is 0.515. The Morgan fingerprint density at radius 2 is 1.86 bits per heavy atom. The van der Waals surface area contributed by atoms with Crippen molar-refractivity contribution in [3.05, 3.63) is 70.1 Å². The van der Waals surface area contributed by atoms with E-state index in [0.717, 1.165) is 68.0 Å². The average Bonchev–Trinajstić information content (AvgIpc) is 3.67. The molecule has 2 aromatic carbocycles. The monoisotopic (exact) mass is 615 g/mol. The van der Waals surface area contributed by atoms with Crippen LogP contribution < -0.4 is 15.4 Å². The van der Waals surface area contributed by atoms with Crippen LogP contribution in [0.4, 0.5) is 23.2 Å². The number of fused-ring (bicyclic) bond motifs is 3. The molecule has 3 saturated carbocycles. The van der Waals surface area contributed by atoms with Crippen LogP contribution in [-0.2, 0) is 23.9 Å². The molecule has 3 aliphatic carbocycles. The van der Waals surface area contributed by atoms with E-state index in [-0.39, 0.29) is 30.0 Å². The minimum Gasteiger partial charge on any atom is -0.496 e. The second kappa shape index (κ2) is 12.2. The summed E-state index contributed by atoms with van der Waals surface area (Å²) in [6, 6.07) is 5.61. The highest BCUT2D eigenvalue weighted by Crippen LogP contribution is 2.54. The zero-order valence-corrected chi connectivity index (χ0v) is 24.6. The molecule has 11 heteroatoms. The number of amides is 2. The lowest BCUT2D eigenvalue weighted by Gasteiger charge is -2.31. The summed E-state index contributed by atoms with van der Waals surface area (Å²) in [4.78, 5) is 29.9. The van der Waals surface area contributed by atoms with E-state index < -0.39 is 35.4 Å². The number of ether oxygens (including phenoxy) is 1. The highest BCUT2D eigenvalue weighted by molar-refractivity contribution is 5.99. The molecule has 3 N–H and O–H groups in total. The van der Waals surface area contributed by atoms with Crippen LogP contribution in [-0.4, -0.2) is 54.7 Å². The zero-order valence-electron chi connectivity index (χ0n) is 24.6. The summed E-state index contributed by atoms with van der Waals surface area (Å²) in [7, 11) is 1.51. The summed E-state index contributed by atoms with van der Waals surface area (Å²) < 4.78 is 59.5. The average molecular weight is 616 g/mol. The first-order valence-electron chi connectivity index (χ1n) is 15.3. The van der Waals surface area contributed by atoms with Crippen molar-refractivity contribution >= 4 is 17.5 Å². The topological polar surface area (TPSA) is 90.9 Å². The number of halogens is 4. The number of carbonyl (C=O) groups excluding carboxylic acids is 2. The molecule has 2 bridgehead atoms. The lowest BCUT2D eigenvalue weighted by atomic mass is 9.83. The van der Waals surface area contributed by atoms with Crippen molar-refractivity contribution < 1.29 is 37.0 Å². The fourth-order valence-corrected chi connectivity index (χ4v) is 7.31. The smallest absolute Gasteiger partial charge is 0.419 e. The van der Waals surface area contributed by atoms with Gasteiger partial charge in [-0.2, -0.15) is 13.2 Å². The number of hydrogen-bond acceptors (Lipinski definition) is 5. The third-order valence-electron chi connectivity index (χ3n) is 9.58. The predicted octanol–water partition coefficient (Wildman–Crippen LogP) is 5.32. The van der Waals surface area contributed by atoms with Gasteiger partial charge in [0.1, 0.15) is 11.6 Å². The molecule has 2 amide bonds. The number of aliphatic hydroxyl groups excluding tert-OH is 1. The Labute approximate surface area is 253 Å². The zero-order chi connectivity index (χ0) is 31.2. The van der Waals surface area contributed by atoms with Gasteiger partial charge in [-0.3, -0.25) is 14.5 Å². The Bertz CT molecular complexity index is 1470. The molecule has 0 aromatic heterocycles. The van der Waals surface area contributed by atoms with E-state index >= 15 is 0 Å². The Morgan fingerprint density at radius 1 is 1.09 bits per heavy atom. The summed E-state index contributed by atoms with van der Waals surface area (Å²) in [5.41, 5.74) is 2.04. The molecule has 1 heterocycles. The predicted molar refractivity (Wildman–Crippen MR) is 155 cm³/mol. The van der Waals surface area contributed by atoms with Crippen molar-refractivity contribution in [2.45, 2.75) is 57.3 Å². The first kappa shape index (κ1) is 30.6. The number of nitrogens with zero attached hydrogens (tertiary/aromatic N) is 1. The van der Waals surface area contributed by atoms with Crippen molar-refractivity contribution in [1.82, 2.24) is 10.2 Å². The first-order valence-corrected chi connectivity index (χ1v) is 15.3. The standard InChI is InChI=1S/C33H37F4N3O4/c1-44-28-15-20-17-40(10-2-12-41)11-9-19(20)14-25(28)31(42)39-30-23-7-6-22(24(23)13-18-3-4-18)29(30)32(43)38-21-5-8-27(34)26(16-21)33(35,36)37/h5,8,13-16,18,22-23,29-30,41H,2-4,6-7,9-12,17H2,1H3,(H,38,43)(H,39,42)/b24-13-/t22-,23+,29-,30+/m0/s1. The van der Waals surface area contributed by atoms with Crippen LogP contribution in [0.1, 0.15) is 59.2 Å². The van der Waals surface area contributed by atoms with Crippen LogP contribution in [0.5, 0.6) is 5.75 Å². The van der Waals surface area contributed by atoms with Crippen molar-refractivity contribution in [3.63, 3.8) is 0 Å². The molecule has 2 aromatic rings. The lowest BCUT2D eigenvalue weighted by Crippen LogP contribution is -2.48. The van der Waals surface area contributed by atoms with E-state index in [4.69, 9.17) is 4.74 Å². The Hall–Kier alpha value is -3.44. The molecule has 0 unspecified atom stereocenters. The maximum atomic E-state index is 13.9. The molecule has 44 heavy (non-hydrogen) atoms. The molecule has 6 rings (SSSR count). The molecule has 0 saturated heterocycles. The van der Waals surface area contributed by atoms with Gasteiger partial charge < -0.3 is 20.5 Å². The van der Waals surface area contributed by atoms with E-state index in [1.54, 1.807) is 0 Å². The lowest BCUT2D eigenvalue weighted by molar-refractivity contribution is -0.140. The van der Waals surface area contributed by atoms with Gasteiger partial charge >= 0.3 is 6.18 Å². The number of rotatable bonds is 9. The molecular formula is C33H37F4N3O4. The van der Waals surface area contributed by atoms with E-state index in [9.17, 15) is 32.3 Å². The summed E-state index contributed by atoms with van der Waals surface area (Å²) >= 11 is 0. The Kier molecular flexibility index (Phi) is 8.45. The number of aliphatic hydroxyl groups is 1. The second-order valence-corrected chi connectivity index (χ2v) is 12.4. The summed E-state index contributed by atoms with van der Waals surface area (Å²) in [6.45, 7) is 2.41. The van der Waals surface area contributed by atoms with Crippen molar-refractivity contribution in [2.24, 2.45) is 23.7 Å². The normalized spacial score (nSPS) is 25.6. The SMILES string of the molecule is COc1cc2c(cc1C(=O)N[C@H]1[C@@H](C(=O)Nc3ccc(F)c(C(F)(F)F)c3)[C@H]3CC[C@@H]1/C3=C\C1CC1)CCN(CCCO)C2. The quantitative estimate of drug-likeness (QED) is 0.263. The van der Waals surface area contributed by atoms with Gasteiger partial charge in [-0.05, 0) is 91.8 Å². The Morgan fingerprint density at radius 3 is 2.57 bits per heavy atom. The molecule has 3 fully saturated rings. The van der Waals surface area contributed by atoms with Crippen molar-refractivity contribution in [1.29, 1.82) is 0 Å². The van der Waals surface area contributed by atoms with E-state index in [1.165, 1.54) is 7.11 Å². The number of hydrogen-bond donors (Lipinski definition) is 3. The van der Waals surface area contributed by atoms with Crippen LogP contribution in [0.3, 0.4) is 0 Å². The number of allylic oxidation sites excluding steroid dienone is 1. The van der Waals surface area contributed by atoms with E-state index in [1.807, 2.05) is 12.1 Å². The molecule has 1 aliphatic heterocycles. The molecule has 0 spiro atoms. The maximum absolute atomic E-state index is 13.9. The van der Waals surface area contributed by atoms with Crippen molar-refractivity contribution in [3.8, 4) is 5.75 Å². The molecule has 4 atom stereocenters. The molecule has 4 aliphatic rings. The first-order chi connectivity index (χ1) is 21.1. The largest absolute Gasteiger partial charge is 0.496 e. The summed E-state index contributed by atoms with van der Waals surface area (Å²) in [6.07, 6.45) is 2.48. The number of alkyl halides is 3. The minimum atomic E-state index is -4.90. The van der Waals surface area contributed by atoms with Gasteiger partial charge in [-0.25, -0.2) is 4.39 Å². The number of nitrogens with one attached hydrogen (secondary N) is 2. The van der Waals surface area contributed by atoms with Crippen LogP contribution in [0.25, 0.3) is 0 Å². The van der Waals surface area contributed by atoms with Gasteiger partial charge in [-0.15, -0.1) is 0 Å². The van der Waals surface area contributed by atoms with Gasteiger partial charge in [-0.1, -0.05) is 11.6 Å². The summed E-state index contributed by atoms with van der Waals surface area (Å²) in [5, 5.41) is 14.9. The number of anilines is 1.